The van der Waals surface area contributed by atoms with Gasteiger partial charge in [-0.15, -0.1) is 0 Å². The summed E-state index contributed by atoms with van der Waals surface area (Å²) < 4.78 is 17.5. The second kappa shape index (κ2) is 9.67. The molecule has 1 aliphatic heterocycles. The molecule has 0 bridgehead atoms. The van der Waals surface area contributed by atoms with E-state index in [1.165, 1.54) is 12.1 Å². The van der Waals surface area contributed by atoms with Crippen molar-refractivity contribution in [2.45, 2.75) is 33.0 Å². The van der Waals surface area contributed by atoms with Crippen LogP contribution in [0.25, 0.3) is 11.5 Å². The summed E-state index contributed by atoms with van der Waals surface area (Å²) in [5.74, 6) is 0.631. The molecule has 3 heterocycles. The van der Waals surface area contributed by atoms with E-state index in [9.17, 15) is 9.18 Å². The Balaban J connectivity index is 1.47. The van der Waals surface area contributed by atoms with E-state index < -0.39 is 0 Å². The Hall–Kier alpha value is -4.65. The molecule has 0 saturated carbocycles. The average Bonchev–Trinajstić information content (AvgIpc) is 3.49. The highest BCUT2D eigenvalue weighted by molar-refractivity contribution is 5.76. The first-order chi connectivity index (χ1) is 18.5. The van der Waals surface area contributed by atoms with Crippen LogP contribution in [0.1, 0.15) is 39.7 Å². The van der Waals surface area contributed by atoms with Crippen LogP contribution in [0, 0.1) is 19.7 Å². The quantitative estimate of drug-likeness (QED) is 0.315. The van der Waals surface area contributed by atoms with E-state index in [1.807, 2.05) is 65.2 Å². The molecule has 7 heteroatoms. The van der Waals surface area contributed by atoms with Gasteiger partial charge in [-0.3, -0.25) is 0 Å². The zero-order chi connectivity index (χ0) is 26.2. The predicted octanol–water partition coefficient (Wildman–Crippen LogP) is 6.23. The molecule has 0 unspecified atom stereocenters. The smallest absolute Gasteiger partial charge is 0.318 e. The first-order valence-electron chi connectivity index (χ1n) is 12.7. The number of carbonyl (C=O) groups is 1. The van der Waals surface area contributed by atoms with Crippen LogP contribution in [0.15, 0.2) is 97.2 Å². The Morgan fingerprint density at radius 1 is 0.974 bits per heavy atom. The summed E-state index contributed by atoms with van der Waals surface area (Å²) in [5.41, 5.74) is 6.77. The molecular weight excluding hydrogens is 477 g/mol. The monoisotopic (exact) mass is 505 g/mol. The number of aryl methyl sites for hydroxylation is 2. The van der Waals surface area contributed by atoms with E-state index in [2.05, 4.69) is 41.1 Å². The minimum absolute atomic E-state index is 0.201. The van der Waals surface area contributed by atoms with E-state index in [0.717, 1.165) is 45.1 Å². The SMILES string of the molecule is Cc1cccc([C@H]2c3cccn3-c3c(c(C)nn3-c3ccccc3)CN2C(=O)NCc2ccc(F)cc2)c1. The average molecular weight is 506 g/mol. The lowest BCUT2D eigenvalue weighted by molar-refractivity contribution is 0.180. The van der Waals surface area contributed by atoms with E-state index >= 15 is 0 Å². The van der Waals surface area contributed by atoms with Crippen molar-refractivity contribution in [3.8, 4) is 11.5 Å². The number of aromatic nitrogens is 3. The predicted molar refractivity (Wildman–Crippen MR) is 145 cm³/mol. The molecular formula is C31H28FN5O. The molecule has 2 aromatic heterocycles. The highest BCUT2D eigenvalue weighted by Gasteiger charge is 2.35. The standard InChI is InChI=1S/C31H28FN5O/c1-21-8-6-9-24(18-21)29-28-12-7-17-35(28)30-27(22(2)34-37(30)26-10-4-3-5-11-26)20-36(29)31(38)33-19-23-13-15-25(32)16-14-23/h3-18,29H,19-20H2,1-2H3,(H,33,38)/t29-/m0/s1. The maximum Gasteiger partial charge on any atom is 0.318 e. The fourth-order valence-electron chi connectivity index (χ4n) is 5.22. The summed E-state index contributed by atoms with van der Waals surface area (Å²) in [6, 6.07) is 28.1. The van der Waals surface area contributed by atoms with Crippen LogP contribution in [-0.2, 0) is 13.1 Å². The van der Waals surface area contributed by atoms with Gasteiger partial charge >= 0.3 is 6.03 Å². The molecule has 6 nitrogen and oxygen atoms in total. The highest BCUT2D eigenvalue weighted by atomic mass is 19.1. The summed E-state index contributed by atoms with van der Waals surface area (Å²) in [6.07, 6.45) is 2.04. The molecule has 38 heavy (non-hydrogen) atoms. The van der Waals surface area contributed by atoms with Crippen molar-refractivity contribution in [2.24, 2.45) is 0 Å². The molecule has 6 rings (SSSR count). The van der Waals surface area contributed by atoms with Crippen LogP contribution in [-0.4, -0.2) is 25.3 Å². The number of nitrogens with one attached hydrogen (secondary N) is 1. The van der Waals surface area contributed by atoms with Crippen molar-refractivity contribution in [1.82, 2.24) is 24.6 Å². The van der Waals surface area contributed by atoms with Crippen molar-refractivity contribution in [3.63, 3.8) is 0 Å². The Bertz CT molecular complexity index is 1600. The molecule has 1 aliphatic rings. The number of fused-ring (bicyclic) bond motifs is 3. The molecule has 2 amide bonds. The van der Waals surface area contributed by atoms with Gasteiger partial charge in [-0.2, -0.15) is 5.10 Å². The van der Waals surface area contributed by atoms with Crippen LogP contribution >= 0.6 is 0 Å². The molecule has 5 aromatic rings. The van der Waals surface area contributed by atoms with Gasteiger partial charge in [0.1, 0.15) is 11.6 Å². The fraction of sp³-hybridized carbons (Fsp3) is 0.161. The van der Waals surface area contributed by atoms with Crippen molar-refractivity contribution in [3.05, 3.63) is 137 Å². The van der Waals surface area contributed by atoms with E-state index in [0.29, 0.717) is 13.1 Å². The second-order valence-corrected chi connectivity index (χ2v) is 9.67. The van der Waals surface area contributed by atoms with Gasteiger partial charge in [0.2, 0.25) is 0 Å². The summed E-state index contributed by atoms with van der Waals surface area (Å²) in [6.45, 7) is 4.73. The van der Waals surface area contributed by atoms with Crippen LogP contribution in [0.3, 0.4) is 0 Å². The number of nitrogens with zero attached hydrogens (tertiary/aromatic N) is 4. The van der Waals surface area contributed by atoms with Gasteiger partial charge < -0.3 is 14.8 Å². The number of amides is 2. The van der Waals surface area contributed by atoms with Gasteiger partial charge in [-0.05, 0) is 61.4 Å². The number of hydrogen-bond acceptors (Lipinski definition) is 2. The van der Waals surface area contributed by atoms with Gasteiger partial charge in [0.05, 0.1) is 29.7 Å². The third kappa shape index (κ3) is 4.26. The van der Waals surface area contributed by atoms with Crippen LogP contribution < -0.4 is 5.32 Å². The number of carbonyl (C=O) groups excluding carboxylic acids is 1. The van der Waals surface area contributed by atoms with Crippen molar-refractivity contribution in [2.75, 3.05) is 0 Å². The fourth-order valence-corrected chi connectivity index (χ4v) is 5.22. The maximum absolute atomic E-state index is 13.9. The van der Waals surface area contributed by atoms with Gasteiger partial charge in [0.15, 0.2) is 0 Å². The third-order valence-corrected chi connectivity index (χ3v) is 7.06. The molecule has 0 aliphatic carbocycles. The first-order valence-corrected chi connectivity index (χ1v) is 12.7. The largest absolute Gasteiger partial charge is 0.334 e. The second-order valence-electron chi connectivity index (χ2n) is 9.67. The Morgan fingerprint density at radius 3 is 2.53 bits per heavy atom. The summed E-state index contributed by atoms with van der Waals surface area (Å²) in [7, 11) is 0. The van der Waals surface area contributed by atoms with Crippen molar-refractivity contribution >= 4 is 6.03 Å². The number of benzene rings is 3. The lowest BCUT2D eigenvalue weighted by Gasteiger charge is -2.31. The van der Waals surface area contributed by atoms with Gasteiger partial charge in [0.25, 0.3) is 0 Å². The number of hydrogen-bond donors (Lipinski definition) is 1. The van der Waals surface area contributed by atoms with Gasteiger partial charge in [0, 0.05) is 18.3 Å². The molecule has 3 aromatic carbocycles. The van der Waals surface area contributed by atoms with Gasteiger partial charge in [-0.1, -0.05) is 60.2 Å². The normalized spacial score (nSPS) is 14.5. The summed E-state index contributed by atoms with van der Waals surface area (Å²) >= 11 is 0. The molecule has 0 fully saturated rings. The lowest BCUT2D eigenvalue weighted by atomic mass is 10.00. The maximum atomic E-state index is 13.9. The number of para-hydroxylation sites is 1. The van der Waals surface area contributed by atoms with E-state index in [4.69, 9.17) is 5.10 Å². The topological polar surface area (TPSA) is 55.1 Å². The molecule has 1 atom stereocenters. The molecule has 0 saturated heterocycles. The summed E-state index contributed by atoms with van der Waals surface area (Å²) in [4.78, 5) is 15.8. The number of urea groups is 1. The van der Waals surface area contributed by atoms with Crippen molar-refractivity contribution in [1.29, 1.82) is 0 Å². The van der Waals surface area contributed by atoms with Crippen LogP contribution in [0.4, 0.5) is 9.18 Å². The third-order valence-electron chi connectivity index (χ3n) is 7.06. The first kappa shape index (κ1) is 23.7. The van der Waals surface area contributed by atoms with E-state index in [-0.39, 0.29) is 17.9 Å². The minimum Gasteiger partial charge on any atom is -0.334 e. The molecule has 190 valence electrons. The lowest BCUT2D eigenvalue weighted by Crippen LogP contribution is -2.41. The van der Waals surface area contributed by atoms with Crippen LogP contribution in [0.5, 0.6) is 0 Å². The van der Waals surface area contributed by atoms with Crippen LogP contribution in [0.2, 0.25) is 0 Å². The zero-order valence-corrected chi connectivity index (χ0v) is 21.3. The Kier molecular flexibility index (Phi) is 6.04. The molecule has 0 spiro atoms. The zero-order valence-electron chi connectivity index (χ0n) is 21.3. The number of rotatable bonds is 4. The van der Waals surface area contributed by atoms with Crippen molar-refractivity contribution < 1.29 is 9.18 Å². The minimum atomic E-state index is -0.325. The Labute approximate surface area is 221 Å². The van der Waals surface area contributed by atoms with E-state index in [1.54, 1.807) is 12.1 Å². The molecule has 0 radical (unpaired) electrons. The van der Waals surface area contributed by atoms with Gasteiger partial charge in [-0.25, -0.2) is 13.9 Å². The highest BCUT2D eigenvalue weighted by Crippen LogP contribution is 2.38. The Morgan fingerprint density at radius 2 is 1.76 bits per heavy atom. The summed E-state index contributed by atoms with van der Waals surface area (Å²) in [5, 5.41) is 7.96. The molecule has 1 N–H and O–H groups in total. The number of halogens is 1.